The van der Waals surface area contributed by atoms with Crippen molar-refractivity contribution in [2.45, 2.75) is 19.6 Å². The van der Waals surface area contributed by atoms with Crippen molar-refractivity contribution < 1.29 is 19.0 Å². The van der Waals surface area contributed by atoms with Crippen LogP contribution < -0.4 is 10.5 Å². The minimum absolute atomic E-state index is 0.00621. The summed E-state index contributed by atoms with van der Waals surface area (Å²) in [6.45, 7) is 4.01. The molecule has 0 aliphatic rings. The number of hydrogen-bond acceptors (Lipinski definition) is 4. The molecule has 1 heterocycles. The Bertz CT molecular complexity index is 1050. The van der Waals surface area contributed by atoms with Gasteiger partial charge in [-0.05, 0) is 34.9 Å². The minimum Gasteiger partial charge on any atom is -0.489 e. The van der Waals surface area contributed by atoms with E-state index < -0.39 is 11.8 Å². The smallest absolute Gasteiger partial charge is 0.307 e. The molecule has 0 bridgehead atoms. The molecule has 0 fully saturated rings. The second kappa shape index (κ2) is 9.12. The van der Waals surface area contributed by atoms with E-state index in [9.17, 15) is 9.18 Å². The molecule has 0 saturated carbocycles. The third-order valence-corrected chi connectivity index (χ3v) is 4.49. The molecule has 3 rings (SSSR count). The zero-order chi connectivity index (χ0) is 20.8. The number of benzene rings is 2. The van der Waals surface area contributed by atoms with Gasteiger partial charge in [-0.3, -0.25) is 9.78 Å². The van der Waals surface area contributed by atoms with Gasteiger partial charge in [0.1, 0.15) is 12.4 Å². The summed E-state index contributed by atoms with van der Waals surface area (Å²) in [5.41, 5.74) is 9.00. The average Bonchev–Trinajstić information content (AvgIpc) is 2.73. The van der Waals surface area contributed by atoms with Crippen LogP contribution in [0.25, 0.3) is 17.2 Å². The first-order chi connectivity index (χ1) is 14.0. The molecule has 0 saturated heterocycles. The minimum atomic E-state index is -0.928. The van der Waals surface area contributed by atoms with Crippen LogP contribution in [-0.4, -0.2) is 16.1 Å². The largest absolute Gasteiger partial charge is 0.489 e. The third-order valence-electron chi connectivity index (χ3n) is 4.49. The molecule has 3 aromatic rings. The number of nitrogens with two attached hydrogens (primary N) is 1. The van der Waals surface area contributed by atoms with Gasteiger partial charge >= 0.3 is 5.97 Å². The van der Waals surface area contributed by atoms with E-state index in [1.54, 1.807) is 36.4 Å². The molecule has 0 amide bonds. The summed E-state index contributed by atoms with van der Waals surface area (Å²) in [7, 11) is 0. The summed E-state index contributed by atoms with van der Waals surface area (Å²) in [4.78, 5) is 15.0. The predicted molar refractivity (Wildman–Crippen MR) is 110 cm³/mol. The van der Waals surface area contributed by atoms with E-state index in [1.165, 1.54) is 6.20 Å². The third kappa shape index (κ3) is 4.67. The first-order valence-corrected chi connectivity index (χ1v) is 9.05. The Labute approximate surface area is 168 Å². The number of aliphatic carboxylic acids is 1. The Morgan fingerprint density at radius 3 is 2.72 bits per heavy atom. The number of nitrogens with zero attached hydrogens (tertiary/aromatic N) is 1. The molecule has 2 aromatic carbocycles. The molecule has 0 aliphatic carbocycles. The highest BCUT2D eigenvalue weighted by atomic mass is 19.1. The van der Waals surface area contributed by atoms with Gasteiger partial charge in [-0.1, -0.05) is 43.0 Å². The van der Waals surface area contributed by atoms with Crippen LogP contribution in [0, 0.1) is 5.82 Å². The molecule has 3 N–H and O–H groups in total. The lowest BCUT2D eigenvalue weighted by Gasteiger charge is -2.14. The van der Waals surface area contributed by atoms with E-state index in [4.69, 9.17) is 15.6 Å². The number of halogens is 1. The molecule has 0 aliphatic heterocycles. The van der Waals surface area contributed by atoms with Crippen molar-refractivity contribution in [1.82, 2.24) is 4.98 Å². The highest BCUT2D eigenvalue weighted by Crippen LogP contribution is 2.30. The van der Waals surface area contributed by atoms with Crippen LogP contribution in [0.5, 0.6) is 5.75 Å². The summed E-state index contributed by atoms with van der Waals surface area (Å²) in [5.74, 6) is -0.879. The fourth-order valence-electron chi connectivity index (χ4n) is 3.06. The van der Waals surface area contributed by atoms with Gasteiger partial charge in [-0.25, -0.2) is 4.39 Å². The summed E-state index contributed by atoms with van der Waals surface area (Å²) in [6.07, 6.45) is 3.06. The summed E-state index contributed by atoms with van der Waals surface area (Å²) in [6, 6.07) is 14.1. The Kier molecular flexibility index (Phi) is 6.36. The standard InChI is InChI=1S/C23H21FN2O3/c1-2-16-8-7-15(11-19(16)18-9-10-26-20(13-25)23(18)24)14-29-21-6-4-3-5-17(21)12-22(27)28/h2-11H,1,12-14,25H2,(H,27,28). The lowest BCUT2D eigenvalue weighted by Crippen LogP contribution is -2.05. The number of carboxylic acid groups (broad SMARTS) is 1. The number of pyridine rings is 1. The summed E-state index contributed by atoms with van der Waals surface area (Å²) in [5, 5.41) is 9.05. The predicted octanol–water partition coefficient (Wildman–Crippen LogP) is 4.20. The van der Waals surface area contributed by atoms with Gasteiger partial charge in [0.05, 0.1) is 12.1 Å². The number of aromatic nitrogens is 1. The van der Waals surface area contributed by atoms with Gasteiger partial charge in [0.15, 0.2) is 5.82 Å². The molecule has 5 nitrogen and oxygen atoms in total. The highest BCUT2D eigenvalue weighted by Gasteiger charge is 2.14. The van der Waals surface area contributed by atoms with Crippen LogP contribution in [0.4, 0.5) is 4.39 Å². The van der Waals surface area contributed by atoms with Crippen LogP contribution in [0.1, 0.15) is 22.4 Å². The maximum absolute atomic E-state index is 14.8. The van der Waals surface area contributed by atoms with Gasteiger partial charge in [-0.15, -0.1) is 0 Å². The number of carboxylic acids is 1. The first-order valence-electron chi connectivity index (χ1n) is 9.05. The normalized spacial score (nSPS) is 10.6. The topological polar surface area (TPSA) is 85.4 Å². The van der Waals surface area contributed by atoms with Crippen molar-refractivity contribution in [2.24, 2.45) is 5.73 Å². The van der Waals surface area contributed by atoms with Crippen LogP contribution in [0.15, 0.2) is 61.3 Å². The van der Waals surface area contributed by atoms with Gasteiger partial charge in [-0.2, -0.15) is 0 Å². The van der Waals surface area contributed by atoms with E-state index >= 15 is 0 Å². The Morgan fingerprint density at radius 2 is 2.00 bits per heavy atom. The Hall–Kier alpha value is -3.51. The fourth-order valence-corrected chi connectivity index (χ4v) is 3.06. The molecular formula is C23H21FN2O3. The molecule has 0 spiro atoms. The Balaban J connectivity index is 1.91. The molecule has 0 radical (unpaired) electrons. The molecule has 148 valence electrons. The van der Waals surface area contributed by atoms with Gasteiger partial charge in [0.2, 0.25) is 0 Å². The van der Waals surface area contributed by atoms with Crippen LogP contribution in [0.3, 0.4) is 0 Å². The van der Waals surface area contributed by atoms with Gasteiger partial charge < -0.3 is 15.6 Å². The van der Waals surface area contributed by atoms with Crippen molar-refractivity contribution in [1.29, 1.82) is 0 Å². The van der Waals surface area contributed by atoms with Crippen LogP contribution >= 0.6 is 0 Å². The lowest BCUT2D eigenvalue weighted by atomic mass is 9.97. The highest BCUT2D eigenvalue weighted by molar-refractivity contribution is 5.76. The molecule has 6 heteroatoms. The SMILES string of the molecule is C=Cc1ccc(COc2ccccc2CC(=O)O)cc1-c1ccnc(CN)c1F. The first kappa shape index (κ1) is 20.2. The van der Waals surface area contributed by atoms with E-state index in [0.29, 0.717) is 22.4 Å². The summed E-state index contributed by atoms with van der Waals surface area (Å²) < 4.78 is 20.6. The molecule has 29 heavy (non-hydrogen) atoms. The maximum Gasteiger partial charge on any atom is 0.307 e. The van der Waals surface area contributed by atoms with E-state index in [0.717, 1.165) is 11.1 Å². The average molecular weight is 392 g/mol. The van der Waals surface area contributed by atoms with E-state index in [-0.39, 0.29) is 25.3 Å². The molecule has 1 aromatic heterocycles. The lowest BCUT2D eigenvalue weighted by molar-refractivity contribution is -0.136. The van der Waals surface area contributed by atoms with Gasteiger partial charge in [0, 0.05) is 23.9 Å². The van der Waals surface area contributed by atoms with Gasteiger partial charge in [0.25, 0.3) is 0 Å². The molecule has 0 unspecified atom stereocenters. The van der Waals surface area contributed by atoms with E-state index in [2.05, 4.69) is 11.6 Å². The van der Waals surface area contributed by atoms with Crippen LogP contribution in [0.2, 0.25) is 0 Å². The van der Waals surface area contributed by atoms with Crippen molar-refractivity contribution in [3.05, 3.63) is 89.5 Å². The van der Waals surface area contributed by atoms with Crippen molar-refractivity contribution in [3.63, 3.8) is 0 Å². The van der Waals surface area contributed by atoms with Crippen molar-refractivity contribution in [3.8, 4) is 16.9 Å². The number of hydrogen-bond donors (Lipinski definition) is 2. The second-order valence-electron chi connectivity index (χ2n) is 6.42. The monoisotopic (exact) mass is 392 g/mol. The number of para-hydroxylation sites is 1. The summed E-state index contributed by atoms with van der Waals surface area (Å²) >= 11 is 0. The quantitative estimate of drug-likeness (QED) is 0.600. The maximum atomic E-state index is 14.8. The van der Waals surface area contributed by atoms with Crippen LogP contribution in [-0.2, 0) is 24.4 Å². The number of ether oxygens (including phenoxy) is 1. The van der Waals surface area contributed by atoms with Crippen molar-refractivity contribution >= 4 is 12.0 Å². The number of rotatable bonds is 8. The molecule has 0 atom stereocenters. The second-order valence-corrected chi connectivity index (χ2v) is 6.42. The Morgan fingerprint density at radius 1 is 1.21 bits per heavy atom. The fraction of sp³-hybridized carbons (Fsp3) is 0.130. The number of carbonyl (C=O) groups is 1. The van der Waals surface area contributed by atoms with Crippen molar-refractivity contribution in [2.75, 3.05) is 0 Å². The zero-order valence-electron chi connectivity index (χ0n) is 15.8. The molecular weight excluding hydrogens is 371 g/mol. The zero-order valence-corrected chi connectivity index (χ0v) is 15.8. The van der Waals surface area contributed by atoms with E-state index in [1.807, 2.05) is 18.2 Å².